The van der Waals surface area contributed by atoms with Gasteiger partial charge in [0.25, 0.3) is 0 Å². The average molecular weight is 392 g/mol. The first-order valence-electron chi connectivity index (χ1n) is 9.83. The van der Waals surface area contributed by atoms with Crippen molar-refractivity contribution in [2.75, 3.05) is 12.4 Å². The van der Waals surface area contributed by atoms with Crippen molar-refractivity contribution in [2.24, 2.45) is 5.92 Å². The second-order valence-electron chi connectivity index (χ2n) is 7.35. The molecule has 0 aliphatic heterocycles. The van der Waals surface area contributed by atoms with Gasteiger partial charge < -0.3 is 19.8 Å². The molecule has 5 heteroatoms. The van der Waals surface area contributed by atoms with Crippen molar-refractivity contribution in [3.63, 3.8) is 0 Å². The number of nitrogens with one attached hydrogen (secondary N) is 2. The number of hydrogen-bond donors (Lipinski definition) is 2. The molecule has 0 aliphatic carbocycles. The Kier molecular flexibility index (Phi) is 6.95. The summed E-state index contributed by atoms with van der Waals surface area (Å²) in [5.41, 5.74) is 4.13. The zero-order valence-corrected chi connectivity index (χ0v) is 17.1. The molecule has 1 unspecified atom stereocenters. The standard InChI is InChI=1S/C24H28N2O3/c1-17(2)23(26-20-9-11-21(28-3)12-10-20)24(27)29-16-22-19(13-14-25-22)15-18-7-5-4-6-8-18/h4-14,17,23,25-26H,15-16H2,1-3H3. The Hall–Kier alpha value is -3.21. The van der Waals surface area contributed by atoms with Gasteiger partial charge in [-0.3, -0.25) is 0 Å². The molecule has 0 saturated heterocycles. The number of methoxy groups -OCH3 is 1. The van der Waals surface area contributed by atoms with Gasteiger partial charge in [-0.1, -0.05) is 44.2 Å². The summed E-state index contributed by atoms with van der Waals surface area (Å²) in [5.74, 6) is 0.588. The van der Waals surface area contributed by atoms with Crippen LogP contribution in [0.25, 0.3) is 0 Å². The second kappa shape index (κ2) is 9.82. The van der Waals surface area contributed by atoms with Crippen LogP contribution in [0.3, 0.4) is 0 Å². The van der Waals surface area contributed by atoms with Gasteiger partial charge in [0.2, 0.25) is 0 Å². The molecule has 2 N–H and O–H groups in total. The van der Waals surface area contributed by atoms with Crippen molar-refractivity contribution >= 4 is 11.7 Å². The van der Waals surface area contributed by atoms with Crippen LogP contribution in [0, 0.1) is 5.92 Å². The molecule has 0 bridgehead atoms. The molecule has 1 heterocycles. The number of carbonyl (C=O) groups is 1. The third kappa shape index (κ3) is 5.64. The van der Waals surface area contributed by atoms with Crippen LogP contribution in [0.1, 0.15) is 30.7 Å². The Labute approximate surface area is 172 Å². The lowest BCUT2D eigenvalue weighted by molar-refractivity contribution is -0.147. The maximum Gasteiger partial charge on any atom is 0.329 e. The smallest absolute Gasteiger partial charge is 0.329 e. The van der Waals surface area contributed by atoms with E-state index in [2.05, 4.69) is 22.4 Å². The molecule has 0 fully saturated rings. The van der Waals surface area contributed by atoms with Crippen LogP contribution >= 0.6 is 0 Å². The minimum atomic E-state index is -0.434. The number of esters is 1. The quantitative estimate of drug-likeness (QED) is 0.514. The predicted molar refractivity (Wildman–Crippen MR) is 115 cm³/mol. The maximum atomic E-state index is 12.8. The Bertz CT molecular complexity index is 901. The lowest BCUT2D eigenvalue weighted by Gasteiger charge is -2.22. The number of aromatic amines is 1. The van der Waals surface area contributed by atoms with E-state index in [-0.39, 0.29) is 18.5 Å². The molecule has 3 rings (SSSR count). The Balaban J connectivity index is 1.61. The van der Waals surface area contributed by atoms with Gasteiger partial charge in [-0.05, 0) is 53.8 Å². The normalized spacial score (nSPS) is 11.9. The van der Waals surface area contributed by atoms with E-state index in [0.29, 0.717) is 0 Å². The Morgan fingerprint density at radius 3 is 2.41 bits per heavy atom. The van der Waals surface area contributed by atoms with Crippen molar-refractivity contribution in [1.29, 1.82) is 0 Å². The lowest BCUT2D eigenvalue weighted by atomic mass is 10.0. The summed E-state index contributed by atoms with van der Waals surface area (Å²) >= 11 is 0. The van der Waals surface area contributed by atoms with Crippen LogP contribution in [-0.4, -0.2) is 24.1 Å². The van der Waals surface area contributed by atoms with E-state index in [4.69, 9.17) is 9.47 Å². The van der Waals surface area contributed by atoms with E-state index < -0.39 is 6.04 Å². The van der Waals surface area contributed by atoms with Crippen LogP contribution in [0.15, 0.2) is 66.9 Å². The van der Waals surface area contributed by atoms with Crippen LogP contribution in [0.5, 0.6) is 5.75 Å². The van der Waals surface area contributed by atoms with E-state index in [1.807, 2.05) is 68.6 Å². The van der Waals surface area contributed by atoms with Gasteiger partial charge in [-0.2, -0.15) is 0 Å². The molecule has 152 valence electrons. The molecular weight excluding hydrogens is 364 g/mol. The number of aromatic nitrogens is 1. The highest BCUT2D eigenvalue weighted by Crippen LogP contribution is 2.19. The summed E-state index contributed by atoms with van der Waals surface area (Å²) in [6.07, 6.45) is 2.69. The SMILES string of the molecule is COc1ccc(NC(C(=O)OCc2[nH]ccc2Cc2ccccc2)C(C)C)cc1. The summed E-state index contributed by atoms with van der Waals surface area (Å²) in [7, 11) is 1.63. The van der Waals surface area contributed by atoms with E-state index in [1.54, 1.807) is 7.11 Å². The molecule has 2 aromatic carbocycles. The van der Waals surface area contributed by atoms with Crippen molar-refractivity contribution in [3.8, 4) is 5.75 Å². The molecular formula is C24H28N2O3. The first-order valence-corrected chi connectivity index (χ1v) is 9.83. The molecule has 29 heavy (non-hydrogen) atoms. The fourth-order valence-electron chi connectivity index (χ4n) is 3.15. The highest BCUT2D eigenvalue weighted by molar-refractivity contribution is 5.79. The fourth-order valence-corrected chi connectivity index (χ4v) is 3.15. The molecule has 3 aromatic rings. The van der Waals surface area contributed by atoms with Gasteiger partial charge in [-0.15, -0.1) is 0 Å². The highest BCUT2D eigenvalue weighted by atomic mass is 16.5. The van der Waals surface area contributed by atoms with Crippen LogP contribution < -0.4 is 10.1 Å². The monoisotopic (exact) mass is 392 g/mol. The minimum Gasteiger partial charge on any atom is -0.497 e. The number of H-pyrrole nitrogens is 1. The number of anilines is 1. The lowest BCUT2D eigenvalue weighted by Crippen LogP contribution is -2.36. The predicted octanol–water partition coefficient (Wildman–Crippen LogP) is 4.79. The molecule has 1 aromatic heterocycles. The Morgan fingerprint density at radius 1 is 1.03 bits per heavy atom. The minimum absolute atomic E-state index is 0.0806. The molecule has 0 aliphatic rings. The third-order valence-corrected chi connectivity index (χ3v) is 4.86. The third-order valence-electron chi connectivity index (χ3n) is 4.86. The molecule has 0 amide bonds. The summed E-state index contributed by atoms with van der Waals surface area (Å²) in [4.78, 5) is 16.0. The first kappa shape index (κ1) is 20.5. The number of benzene rings is 2. The number of carbonyl (C=O) groups excluding carboxylic acids is 1. The van der Waals surface area contributed by atoms with E-state index in [0.717, 1.165) is 29.1 Å². The van der Waals surface area contributed by atoms with Gasteiger partial charge in [0, 0.05) is 11.9 Å². The van der Waals surface area contributed by atoms with Gasteiger partial charge in [-0.25, -0.2) is 4.79 Å². The summed E-state index contributed by atoms with van der Waals surface area (Å²) in [5, 5.41) is 3.27. The number of hydrogen-bond acceptors (Lipinski definition) is 4. The van der Waals surface area contributed by atoms with Crippen molar-refractivity contribution in [1.82, 2.24) is 4.98 Å². The topological polar surface area (TPSA) is 63.4 Å². The molecule has 0 radical (unpaired) electrons. The largest absolute Gasteiger partial charge is 0.497 e. The maximum absolute atomic E-state index is 12.8. The van der Waals surface area contributed by atoms with Crippen LogP contribution in [0.4, 0.5) is 5.69 Å². The first-order chi connectivity index (χ1) is 14.1. The number of rotatable bonds is 9. The highest BCUT2D eigenvalue weighted by Gasteiger charge is 2.24. The van der Waals surface area contributed by atoms with Crippen LogP contribution in [0.2, 0.25) is 0 Å². The number of ether oxygens (including phenoxy) is 2. The van der Waals surface area contributed by atoms with E-state index in [9.17, 15) is 4.79 Å². The summed E-state index contributed by atoms with van der Waals surface area (Å²) < 4.78 is 10.8. The zero-order valence-electron chi connectivity index (χ0n) is 17.1. The van der Waals surface area contributed by atoms with Gasteiger partial charge >= 0.3 is 5.97 Å². The second-order valence-corrected chi connectivity index (χ2v) is 7.35. The van der Waals surface area contributed by atoms with Crippen LogP contribution in [-0.2, 0) is 22.6 Å². The Morgan fingerprint density at radius 2 is 1.76 bits per heavy atom. The van der Waals surface area contributed by atoms with E-state index in [1.165, 1.54) is 5.56 Å². The summed E-state index contributed by atoms with van der Waals surface area (Å²) in [6.45, 7) is 4.22. The molecule has 0 spiro atoms. The molecule has 0 saturated carbocycles. The molecule has 5 nitrogen and oxygen atoms in total. The van der Waals surface area contributed by atoms with Crippen molar-refractivity contribution in [3.05, 3.63) is 83.7 Å². The summed E-state index contributed by atoms with van der Waals surface area (Å²) in [6, 6.07) is 19.4. The molecule has 1 atom stereocenters. The van der Waals surface area contributed by atoms with E-state index >= 15 is 0 Å². The van der Waals surface area contributed by atoms with Crippen molar-refractivity contribution in [2.45, 2.75) is 32.9 Å². The van der Waals surface area contributed by atoms with Gasteiger partial charge in [0.05, 0.1) is 12.8 Å². The van der Waals surface area contributed by atoms with Gasteiger partial charge in [0.1, 0.15) is 18.4 Å². The fraction of sp³-hybridized carbons (Fsp3) is 0.292. The van der Waals surface area contributed by atoms with Gasteiger partial charge in [0.15, 0.2) is 0 Å². The van der Waals surface area contributed by atoms with Crippen molar-refractivity contribution < 1.29 is 14.3 Å². The average Bonchev–Trinajstić information content (AvgIpc) is 3.18. The zero-order chi connectivity index (χ0) is 20.6.